The molecule has 2 aromatic rings. The fourth-order valence-electron chi connectivity index (χ4n) is 1.81. The van der Waals surface area contributed by atoms with Crippen molar-refractivity contribution >= 4 is 21.6 Å². The van der Waals surface area contributed by atoms with Gasteiger partial charge in [-0.2, -0.15) is 0 Å². The van der Waals surface area contributed by atoms with E-state index >= 15 is 0 Å². The maximum Gasteiger partial charge on any atom is 0.127 e. The Bertz CT molecular complexity index is 539. The van der Waals surface area contributed by atoms with Crippen molar-refractivity contribution in [1.82, 2.24) is 9.97 Å². The van der Waals surface area contributed by atoms with Crippen LogP contribution in [0.4, 0.5) is 0 Å². The van der Waals surface area contributed by atoms with Crippen molar-refractivity contribution in [2.45, 2.75) is 46.6 Å². The summed E-state index contributed by atoms with van der Waals surface area (Å²) in [6.45, 7) is 8.67. The minimum atomic E-state index is 0.0981. The van der Waals surface area contributed by atoms with E-state index in [4.69, 9.17) is 5.73 Å². The lowest BCUT2D eigenvalue weighted by atomic mass is 9.84. The first kappa shape index (κ1) is 13.4. The quantitative estimate of drug-likeness (QED) is 0.925. The van der Waals surface area contributed by atoms with Crippen molar-refractivity contribution in [3.8, 4) is 0 Å². The zero-order valence-corrected chi connectivity index (χ0v) is 12.3. The largest absolute Gasteiger partial charge is 0.327 e. The molecule has 0 fully saturated rings. The number of rotatable bonds is 3. The number of nitrogens with zero attached hydrogens (tertiary/aromatic N) is 2. The fraction of sp³-hybridized carbons (Fsp3) is 0.571. The van der Waals surface area contributed by atoms with Crippen molar-refractivity contribution in [2.24, 2.45) is 11.1 Å². The molecule has 2 heterocycles. The highest BCUT2D eigenvalue weighted by molar-refractivity contribution is 7.18. The number of aromatic nitrogens is 2. The highest BCUT2D eigenvalue weighted by Gasteiger charge is 2.22. The van der Waals surface area contributed by atoms with Crippen LogP contribution < -0.4 is 5.73 Å². The molecule has 4 heteroatoms. The van der Waals surface area contributed by atoms with E-state index in [-0.39, 0.29) is 11.5 Å². The zero-order valence-electron chi connectivity index (χ0n) is 11.5. The number of fused-ring (bicyclic) bond motifs is 1. The Morgan fingerprint density at radius 2 is 2.06 bits per heavy atom. The smallest absolute Gasteiger partial charge is 0.127 e. The molecular weight excluding hydrogens is 242 g/mol. The van der Waals surface area contributed by atoms with E-state index in [1.54, 1.807) is 17.7 Å². The van der Waals surface area contributed by atoms with E-state index < -0.39 is 0 Å². The van der Waals surface area contributed by atoms with Crippen LogP contribution in [0, 0.1) is 5.41 Å². The van der Waals surface area contributed by atoms with E-state index in [0.717, 1.165) is 23.4 Å². The first-order valence-corrected chi connectivity index (χ1v) is 7.21. The molecule has 18 heavy (non-hydrogen) atoms. The summed E-state index contributed by atoms with van der Waals surface area (Å²) in [6.07, 6.45) is 3.51. The molecule has 0 aliphatic heterocycles. The van der Waals surface area contributed by atoms with Gasteiger partial charge in [0.25, 0.3) is 0 Å². The van der Waals surface area contributed by atoms with Crippen molar-refractivity contribution < 1.29 is 0 Å². The Morgan fingerprint density at radius 1 is 1.33 bits per heavy atom. The van der Waals surface area contributed by atoms with Gasteiger partial charge in [-0.05, 0) is 17.9 Å². The maximum atomic E-state index is 6.26. The molecule has 0 aliphatic carbocycles. The third-order valence-electron chi connectivity index (χ3n) is 3.34. The van der Waals surface area contributed by atoms with Crippen LogP contribution >= 0.6 is 11.3 Å². The number of hydrogen-bond donors (Lipinski definition) is 1. The summed E-state index contributed by atoms with van der Waals surface area (Å²) >= 11 is 1.75. The molecule has 2 N–H and O–H groups in total. The van der Waals surface area contributed by atoms with Crippen LogP contribution in [-0.2, 0) is 12.8 Å². The van der Waals surface area contributed by atoms with Gasteiger partial charge in [-0.1, -0.05) is 27.7 Å². The van der Waals surface area contributed by atoms with Crippen molar-refractivity contribution in [1.29, 1.82) is 0 Å². The van der Waals surface area contributed by atoms with Crippen LogP contribution in [-0.4, -0.2) is 16.0 Å². The molecule has 1 unspecified atom stereocenters. The van der Waals surface area contributed by atoms with Gasteiger partial charge in [-0.15, -0.1) is 11.3 Å². The Hall–Kier alpha value is -1.00. The lowest BCUT2D eigenvalue weighted by molar-refractivity contribution is 0.317. The molecule has 0 bridgehead atoms. The summed E-state index contributed by atoms with van der Waals surface area (Å²) in [7, 11) is 0. The molecular formula is C14H21N3S. The highest BCUT2D eigenvalue weighted by Crippen LogP contribution is 2.28. The van der Waals surface area contributed by atoms with Crippen LogP contribution in [0.25, 0.3) is 10.2 Å². The van der Waals surface area contributed by atoms with Gasteiger partial charge >= 0.3 is 0 Å². The van der Waals surface area contributed by atoms with Crippen LogP contribution in [0.1, 0.15) is 38.3 Å². The summed E-state index contributed by atoms with van der Waals surface area (Å²) in [5, 5.41) is 1.18. The van der Waals surface area contributed by atoms with Crippen molar-refractivity contribution in [2.75, 3.05) is 0 Å². The Kier molecular flexibility index (Phi) is 3.69. The lowest BCUT2D eigenvalue weighted by Crippen LogP contribution is -2.37. The van der Waals surface area contributed by atoms with Gasteiger partial charge in [0.1, 0.15) is 11.2 Å². The minimum Gasteiger partial charge on any atom is -0.327 e. The Labute approximate surface area is 112 Å². The van der Waals surface area contributed by atoms with Gasteiger partial charge in [0, 0.05) is 22.7 Å². The standard InChI is InChI=1S/C14H21N3S/c1-5-9-6-10-11(7-12(15)14(2,3)4)16-8-17-13(10)18-9/h6,8,12H,5,7,15H2,1-4H3. The molecule has 0 aromatic carbocycles. The first-order valence-electron chi connectivity index (χ1n) is 6.39. The van der Waals surface area contributed by atoms with Gasteiger partial charge in [0.2, 0.25) is 0 Å². The molecule has 1 atom stereocenters. The highest BCUT2D eigenvalue weighted by atomic mass is 32.1. The topological polar surface area (TPSA) is 51.8 Å². The molecule has 0 radical (unpaired) electrons. The van der Waals surface area contributed by atoms with Crippen molar-refractivity contribution in [3.05, 3.63) is 23.0 Å². The third-order valence-corrected chi connectivity index (χ3v) is 4.52. The second-order valence-electron chi connectivity index (χ2n) is 5.78. The van der Waals surface area contributed by atoms with Crippen molar-refractivity contribution in [3.63, 3.8) is 0 Å². The summed E-state index contributed by atoms with van der Waals surface area (Å²) in [5.74, 6) is 0. The van der Waals surface area contributed by atoms with Gasteiger partial charge in [0.05, 0.1) is 5.69 Å². The van der Waals surface area contributed by atoms with Crippen LogP contribution in [0.2, 0.25) is 0 Å². The van der Waals surface area contributed by atoms with E-state index in [9.17, 15) is 0 Å². The monoisotopic (exact) mass is 263 g/mol. The molecule has 0 aliphatic rings. The van der Waals surface area contributed by atoms with E-state index in [0.29, 0.717) is 0 Å². The van der Waals surface area contributed by atoms with Gasteiger partial charge < -0.3 is 5.73 Å². The SMILES string of the molecule is CCc1cc2c(CC(N)C(C)(C)C)ncnc2s1. The summed E-state index contributed by atoms with van der Waals surface area (Å²) in [4.78, 5) is 11.2. The summed E-state index contributed by atoms with van der Waals surface area (Å²) in [6, 6.07) is 2.32. The Morgan fingerprint density at radius 3 is 2.67 bits per heavy atom. The van der Waals surface area contributed by atoms with Gasteiger partial charge in [-0.3, -0.25) is 0 Å². The molecule has 2 rings (SSSR count). The minimum absolute atomic E-state index is 0.0981. The van der Waals surface area contributed by atoms with Gasteiger partial charge in [-0.25, -0.2) is 9.97 Å². The van der Waals surface area contributed by atoms with E-state index in [1.807, 2.05) is 0 Å². The predicted octanol–water partition coefficient (Wildman–Crippen LogP) is 3.17. The van der Waals surface area contributed by atoms with Crippen LogP contribution in [0.5, 0.6) is 0 Å². The molecule has 0 saturated carbocycles. The number of aryl methyl sites for hydroxylation is 1. The summed E-state index contributed by atoms with van der Waals surface area (Å²) in [5.41, 5.74) is 7.44. The third kappa shape index (κ3) is 2.70. The molecule has 98 valence electrons. The molecule has 0 spiro atoms. The number of nitrogens with two attached hydrogens (primary N) is 1. The second kappa shape index (κ2) is 4.94. The van der Waals surface area contributed by atoms with E-state index in [1.165, 1.54) is 10.3 Å². The predicted molar refractivity (Wildman–Crippen MR) is 77.9 cm³/mol. The Balaban J connectivity index is 2.36. The van der Waals surface area contributed by atoms with Crippen LogP contribution in [0.3, 0.4) is 0 Å². The normalized spacial score (nSPS) is 14.1. The molecule has 2 aromatic heterocycles. The van der Waals surface area contributed by atoms with Gasteiger partial charge in [0.15, 0.2) is 0 Å². The number of hydrogen-bond acceptors (Lipinski definition) is 4. The van der Waals surface area contributed by atoms with Crippen LogP contribution in [0.15, 0.2) is 12.4 Å². The molecule has 0 amide bonds. The first-order chi connectivity index (χ1) is 8.41. The summed E-state index contributed by atoms with van der Waals surface area (Å²) < 4.78 is 0. The average Bonchev–Trinajstić information content (AvgIpc) is 2.71. The number of thiophene rings is 1. The fourth-order valence-corrected chi connectivity index (χ4v) is 2.76. The lowest BCUT2D eigenvalue weighted by Gasteiger charge is -2.26. The average molecular weight is 263 g/mol. The van der Waals surface area contributed by atoms with E-state index in [2.05, 4.69) is 43.7 Å². The molecule has 3 nitrogen and oxygen atoms in total. The zero-order chi connectivity index (χ0) is 13.3. The molecule has 0 saturated heterocycles. The maximum absolute atomic E-state index is 6.26. The second-order valence-corrected chi connectivity index (χ2v) is 6.90.